The van der Waals surface area contributed by atoms with E-state index in [1.807, 2.05) is 43.7 Å². The number of fused-ring (bicyclic) bond motifs is 1. The number of nitrogens with two attached hydrogens (primary N) is 1. The Labute approximate surface area is 95.0 Å². The fourth-order valence-electron chi connectivity index (χ4n) is 1.97. The number of aryl methyl sites for hydroxylation is 1. The van der Waals surface area contributed by atoms with Crippen molar-refractivity contribution in [1.29, 1.82) is 0 Å². The first-order valence-corrected chi connectivity index (χ1v) is 5.24. The number of rotatable bonds is 2. The fourth-order valence-corrected chi connectivity index (χ4v) is 1.97. The van der Waals surface area contributed by atoms with E-state index in [1.54, 1.807) is 7.11 Å². The molecule has 2 N–H and O–H groups in total. The zero-order chi connectivity index (χ0) is 11.9. The van der Waals surface area contributed by atoms with Crippen LogP contribution < -0.4 is 10.5 Å². The molecule has 16 heavy (non-hydrogen) atoms. The van der Waals surface area contributed by atoms with E-state index in [2.05, 4.69) is 4.98 Å². The Hall–Kier alpha value is -1.55. The van der Waals surface area contributed by atoms with Gasteiger partial charge >= 0.3 is 0 Å². The van der Waals surface area contributed by atoms with Crippen LogP contribution in [0.2, 0.25) is 0 Å². The molecule has 4 nitrogen and oxygen atoms in total. The molecule has 2 aromatic rings. The smallest absolute Gasteiger partial charge is 0.144 e. The van der Waals surface area contributed by atoms with Gasteiger partial charge in [0.25, 0.3) is 0 Å². The SMILES string of the molecule is COc1cccc2nc(C(C)(C)N)n(C)c12. The molecule has 86 valence electrons. The third-order valence-electron chi connectivity index (χ3n) is 2.65. The molecule has 0 aliphatic rings. The van der Waals surface area contributed by atoms with E-state index >= 15 is 0 Å². The van der Waals surface area contributed by atoms with Crippen LogP contribution in [-0.4, -0.2) is 16.7 Å². The van der Waals surface area contributed by atoms with Crippen LogP contribution in [0.1, 0.15) is 19.7 Å². The summed E-state index contributed by atoms with van der Waals surface area (Å²) in [5, 5.41) is 0. The highest BCUT2D eigenvalue weighted by molar-refractivity contribution is 5.82. The zero-order valence-corrected chi connectivity index (χ0v) is 10.1. The van der Waals surface area contributed by atoms with Gasteiger partial charge in [0.05, 0.1) is 18.2 Å². The molecule has 0 aliphatic carbocycles. The van der Waals surface area contributed by atoms with E-state index in [4.69, 9.17) is 10.5 Å². The second-order valence-corrected chi connectivity index (χ2v) is 4.54. The first kappa shape index (κ1) is 11.0. The van der Waals surface area contributed by atoms with E-state index in [0.717, 1.165) is 22.6 Å². The molecular weight excluding hydrogens is 202 g/mol. The summed E-state index contributed by atoms with van der Waals surface area (Å²) in [6.07, 6.45) is 0. The van der Waals surface area contributed by atoms with Crippen LogP contribution in [0.5, 0.6) is 5.75 Å². The molecular formula is C12H17N3O. The Morgan fingerprint density at radius 1 is 1.38 bits per heavy atom. The highest BCUT2D eigenvalue weighted by atomic mass is 16.5. The quantitative estimate of drug-likeness (QED) is 0.837. The van der Waals surface area contributed by atoms with Crippen molar-refractivity contribution in [1.82, 2.24) is 9.55 Å². The highest BCUT2D eigenvalue weighted by Gasteiger charge is 2.22. The van der Waals surface area contributed by atoms with Gasteiger partial charge in [0.2, 0.25) is 0 Å². The predicted molar refractivity (Wildman–Crippen MR) is 64.5 cm³/mol. The van der Waals surface area contributed by atoms with E-state index in [-0.39, 0.29) is 0 Å². The van der Waals surface area contributed by atoms with Gasteiger partial charge in [0, 0.05) is 7.05 Å². The third kappa shape index (κ3) is 1.55. The molecule has 1 aromatic carbocycles. The maximum absolute atomic E-state index is 6.09. The minimum absolute atomic E-state index is 0.460. The number of hydrogen-bond donors (Lipinski definition) is 1. The summed E-state index contributed by atoms with van der Waals surface area (Å²) in [5.41, 5.74) is 7.53. The Morgan fingerprint density at radius 3 is 2.62 bits per heavy atom. The van der Waals surface area contributed by atoms with Crippen molar-refractivity contribution in [3.05, 3.63) is 24.0 Å². The van der Waals surface area contributed by atoms with E-state index in [9.17, 15) is 0 Å². The van der Waals surface area contributed by atoms with Gasteiger partial charge in [-0.1, -0.05) is 6.07 Å². The normalized spacial score (nSPS) is 12.1. The number of ether oxygens (including phenoxy) is 1. The lowest BCUT2D eigenvalue weighted by atomic mass is 10.1. The molecule has 1 aromatic heterocycles. The number of methoxy groups -OCH3 is 1. The third-order valence-corrected chi connectivity index (χ3v) is 2.65. The standard InChI is InChI=1S/C12H17N3O/c1-12(2,13)11-14-8-6-5-7-9(16-4)10(8)15(11)3/h5-7H,13H2,1-4H3. The molecule has 0 bridgehead atoms. The first-order chi connectivity index (χ1) is 7.45. The minimum Gasteiger partial charge on any atom is -0.494 e. The number of benzene rings is 1. The monoisotopic (exact) mass is 219 g/mol. The number of imidazole rings is 1. The van der Waals surface area contributed by atoms with Crippen molar-refractivity contribution in [2.24, 2.45) is 12.8 Å². The largest absolute Gasteiger partial charge is 0.494 e. The molecule has 4 heteroatoms. The lowest BCUT2D eigenvalue weighted by molar-refractivity contribution is 0.417. The second kappa shape index (κ2) is 3.49. The molecule has 0 atom stereocenters. The Kier molecular flexibility index (Phi) is 2.39. The number of aromatic nitrogens is 2. The molecule has 0 spiro atoms. The van der Waals surface area contributed by atoms with Gasteiger partial charge < -0.3 is 15.0 Å². The summed E-state index contributed by atoms with van der Waals surface area (Å²) in [4.78, 5) is 4.55. The lowest BCUT2D eigenvalue weighted by Gasteiger charge is -2.18. The highest BCUT2D eigenvalue weighted by Crippen LogP contribution is 2.28. The molecule has 0 saturated carbocycles. The molecule has 0 fully saturated rings. The molecule has 0 aliphatic heterocycles. The van der Waals surface area contributed by atoms with E-state index < -0.39 is 5.54 Å². The summed E-state index contributed by atoms with van der Waals surface area (Å²) < 4.78 is 7.33. The van der Waals surface area contributed by atoms with Crippen LogP contribution in [0.15, 0.2) is 18.2 Å². The lowest BCUT2D eigenvalue weighted by Crippen LogP contribution is -2.32. The Balaban J connectivity index is 2.79. The summed E-state index contributed by atoms with van der Waals surface area (Å²) in [6, 6.07) is 5.83. The van der Waals surface area contributed by atoms with Gasteiger partial charge in [-0.3, -0.25) is 0 Å². The van der Waals surface area contributed by atoms with Crippen molar-refractivity contribution in [3.8, 4) is 5.75 Å². The van der Waals surface area contributed by atoms with Crippen molar-refractivity contribution < 1.29 is 4.74 Å². The predicted octanol–water partition coefficient (Wildman–Crippen LogP) is 1.78. The summed E-state index contributed by atoms with van der Waals surface area (Å²) >= 11 is 0. The molecule has 0 saturated heterocycles. The molecule has 2 rings (SSSR count). The van der Waals surface area contributed by atoms with Gasteiger partial charge in [0.1, 0.15) is 17.1 Å². The van der Waals surface area contributed by atoms with Gasteiger partial charge in [0.15, 0.2) is 0 Å². The van der Waals surface area contributed by atoms with Crippen LogP contribution in [0.3, 0.4) is 0 Å². The van der Waals surface area contributed by atoms with E-state index in [1.165, 1.54) is 0 Å². The molecule has 0 unspecified atom stereocenters. The zero-order valence-electron chi connectivity index (χ0n) is 10.1. The summed E-state index contributed by atoms with van der Waals surface area (Å²) in [5.74, 6) is 1.68. The van der Waals surface area contributed by atoms with Crippen LogP contribution >= 0.6 is 0 Å². The number of hydrogen-bond acceptors (Lipinski definition) is 3. The van der Waals surface area contributed by atoms with Crippen molar-refractivity contribution >= 4 is 11.0 Å². The van der Waals surface area contributed by atoms with Crippen LogP contribution in [0.4, 0.5) is 0 Å². The molecule has 1 heterocycles. The topological polar surface area (TPSA) is 53.1 Å². The van der Waals surface area contributed by atoms with Crippen molar-refractivity contribution in [2.45, 2.75) is 19.4 Å². The molecule has 0 radical (unpaired) electrons. The van der Waals surface area contributed by atoms with E-state index in [0.29, 0.717) is 0 Å². The molecule has 0 amide bonds. The second-order valence-electron chi connectivity index (χ2n) is 4.54. The van der Waals surface area contributed by atoms with Crippen molar-refractivity contribution in [2.75, 3.05) is 7.11 Å². The average molecular weight is 219 g/mol. The number of nitrogens with zero attached hydrogens (tertiary/aromatic N) is 2. The summed E-state index contributed by atoms with van der Waals surface area (Å²) in [6.45, 7) is 3.89. The summed E-state index contributed by atoms with van der Waals surface area (Å²) in [7, 11) is 3.62. The first-order valence-electron chi connectivity index (χ1n) is 5.24. The fraction of sp³-hybridized carbons (Fsp3) is 0.417. The van der Waals surface area contributed by atoms with Gasteiger partial charge in [-0.05, 0) is 26.0 Å². The van der Waals surface area contributed by atoms with Crippen LogP contribution in [0, 0.1) is 0 Å². The maximum Gasteiger partial charge on any atom is 0.144 e. The number of para-hydroxylation sites is 1. The van der Waals surface area contributed by atoms with Crippen molar-refractivity contribution in [3.63, 3.8) is 0 Å². The Morgan fingerprint density at radius 2 is 2.06 bits per heavy atom. The van der Waals surface area contributed by atoms with Crippen LogP contribution in [-0.2, 0) is 12.6 Å². The van der Waals surface area contributed by atoms with Gasteiger partial charge in [-0.2, -0.15) is 0 Å². The average Bonchev–Trinajstić information content (AvgIpc) is 2.56. The van der Waals surface area contributed by atoms with Gasteiger partial charge in [-0.15, -0.1) is 0 Å². The maximum atomic E-state index is 6.09. The van der Waals surface area contributed by atoms with Gasteiger partial charge in [-0.25, -0.2) is 4.98 Å². The Bertz CT molecular complexity index is 523. The minimum atomic E-state index is -0.460. The van der Waals surface area contributed by atoms with Crippen LogP contribution in [0.25, 0.3) is 11.0 Å².